The number of amides is 2. The van der Waals surface area contributed by atoms with E-state index in [1.54, 1.807) is 0 Å². The Morgan fingerprint density at radius 1 is 1.29 bits per heavy atom. The molecular weight excluding hydrogens is 492 g/mol. The highest BCUT2D eigenvalue weighted by atomic mass is 32.1. The van der Waals surface area contributed by atoms with Crippen LogP contribution in [0.2, 0.25) is 0 Å². The number of fused-ring (bicyclic) bond motifs is 1. The van der Waals surface area contributed by atoms with Gasteiger partial charge < -0.3 is 20.9 Å². The number of nitrogens with two attached hydrogens (primary N) is 1. The van der Waals surface area contributed by atoms with Gasteiger partial charge in [-0.15, -0.1) is 11.3 Å². The Hall–Kier alpha value is -3.58. The third-order valence-corrected chi connectivity index (χ3v) is 6.53. The van der Waals surface area contributed by atoms with Crippen molar-refractivity contribution < 1.29 is 37.0 Å². The summed E-state index contributed by atoms with van der Waals surface area (Å²) in [7, 11) is 0. The fourth-order valence-electron chi connectivity index (χ4n) is 3.56. The number of hydrogen-bond acceptors (Lipinski definition) is 7. The first kappa shape index (κ1) is 24.5. The smallest absolute Gasteiger partial charge is 0.424 e. The molecule has 0 spiro atoms. The van der Waals surface area contributed by atoms with E-state index in [1.165, 1.54) is 30.6 Å². The molecule has 1 unspecified atom stereocenters. The minimum absolute atomic E-state index is 0.0157. The van der Waals surface area contributed by atoms with Gasteiger partial charge in [0.1, 0.15) is 29.3 Å². The number of hydrogen-bond donors (Lipinski definition) is 3. The number of nitrogens with zero attached hydrogens (tertiary/aromatic N) is 2. The number of aromatic nitrogens is 2. The standard InChI is InChI=1S/C22H18F4N4O4S/c1-20(19(27)32)10-34-16-13(20)8-14(30-15(16)11-2-4-12(23)5-3-11)21(33,22(24,25)26)9-29-17(31)18-28-6-7-35-18/h2-8,33H,9-10H2,1H3,(H2,27,32)(H,29,31)/t20-,21?/m0/s1. The molecule has 0 radical (unpaired) electrons. The molecule has 0 bridgehead atoms. The third-order valence-electron chi connectivity index (χ3n) is 5.76. The Morgan fingerprint density at radius 2 is 1.97 bits per heavy atom. The van der Waals surface area contributed by atoms with Gasteiger partial charge in [-0.25, -0.2) is 14.4 Å². The molecule has 13 heteroatoms. The van der Waals surface area contributed by atoms with Crippen LogP contribution < -0.4 is 15.8 Å². The summed E-state index contributed by atoms with van der Waals surface area (Å²) < 4.78 is 61.8. The maximum atomic E-state index is 14.2. The quantitative estimate of drug-likeness (QED) is 0.438. The molecule has 0 aliphatic carbocycles. The van der Waals surface area contributed by atoms with Gasteiger partial charge in [0.05, 0.1) is 12.2 Å². The van der Waals surface area contributed by atoms with Crippen molar-refractivity contribution in [3.05, 3.63) is 64.0 Å². The third kappa shape index (κ3) is 4.21. The van der Waals surface area contributed by atoms with Crippen molar-refractivity contribution >= 4 is 23.2 Å². The zero-order valence-corrected chi connectivity index (χ0v) is 18.8. The number of benzene rings is 1. The summed E-state index contributed by atoms with van der Waals surface area (Å²) in [6.07, 6.45) is -4.00. The van der Waals surface area contributed by atoms with Crippen molar-refractivity contribution in [2.24, 2.45) is 5.73 Å². The number of aliphatic hydroxyl groups is 1. The summed E-state index contributed by atoms with van der Waals surface area (Å²) in [5.74, 6) is -2.40. The largest absolute Gasteiger partial charge is 0.489 e. The van der Waals surface area contributed by atoms with Gasteiger partial charge in [-0.2, -0.15) is 13.2 Å². The molecular formula is C22H18F4N4O4S. The van der Waals surface area contributed by atoms with E-state index >= 15 is 0 Å². The number of halogens is 4. The molecule has 1 aliphatic rings. The molecule has 2 amide bonds. The highest BCUT2D eigenvalue weighted by Gasteiger charge is 2.57. The van der Waals surface area contributed by atoms with Gasteiger partial charge >= 0.3 is 6.18 Å². The van der Waals surface area contributed by atoms with Crippen LogP contribution in [0.3, 0.4) is 0 Å². The SMILES string of the molecule is C[C@]1(C(N)=O)COc2c1cc(C(O)(CNC(=O)c1nccs1)C(F)(F)F)nc2-c1ccc(F)cc1. The Bertz CT molecular complexity index is 1280. The summed E-state index contributed by atoms with van der Waals surface area (Å²) in [5, 5.41) is 14.3. The molecule has 2 aromatic heterocycles. The van der Waals surface area contributed by atoms with Crippen LogP contribution in [-0.4, -0.2) is 46.2 Å². The minimum Gasteiger partial charge on any atom is -0.489 e. The van der Waals surface area contributed by atoms with Crippen molar-refractivity contribution in [1.29, 1.82) is 0 Å². The van der Waals surface area contributed by atoms with Gasteiger partial charge in [-0.05, 0) is 37.3 Å². The molecule has 0 saturated heterocycles. The lowest BCUT2D eigenvalue weighted by Gasteiger charge is -2.31. The molecule has 3 heterocycles. The number of nitrogens with one attached hydrogen (secondary N) is 1. The summed E-state index contributed by atoms with van der Waals surface area (Å²) >= 11 is 0.905. The van der Waals surface area contributed by atoms with Gasteiger partial charge in [0.2, 0.25) is 11.5 Å². The van der Waals surface area contributed by atoms with Gasteiger partial charge in [0.25, 0.3) is 5.91 Å². The summed E-state index contributed by atoms with van der Waals surface area (Å²) in [6.45, 7) is -0.184. The lowest BCUT2D eigenvalue weighted by molar-refractivity contribution is -0.265. The van der Waals surface area contributed by atoms with Crippen LogP contribution in [0.5, 0.6) is 5.75 Å². The van der Waals surface area contributed by atoms with Crippen molar-refractivity contribution in [3.8, 4) is 17.0 Å². The lowest BCUT2D eigenvalue weighted by Crippen LogP contribution is -2.51. The maximum absolute atomic E-state index is 14.2. The first-order valence-electron chi connectivity index (χ1n) is 10.1. The van der Waals surface area contributed by atoms with Crippen LogP contribution >= 0.6 is 11.3 Å². The zero-order chi connectivity index (χ0) is 25.6. The van der Waals surface area contributed by atoms with E-state index in [0.29, 0.717) is 0 Å². The number of thiazole rings is 1. The van der Waals surface area contributed by atoms with Crippen molar-refractivity contribution in [2.45, 2.75) is 24.1 Å². The van der Waals surface area contributed by atoms with Crippen LogP contribution in [0.15, 0.2) is 41.9 Å². The van der Waals surface area contributed by atoms with E-state index in [9.17, 15) is 32.3 Å². The molecule has 1 aromatic carbocycles. The monoisotopic (exact) mass is 510 g/mol. The lowest BCUT2D eigenvalue weighted by atomic mass is 9.81. The number of alkyl halides is 3. The molecule has 1 aliphatic heterocycles. The number of carbonyl (C=O) groups is 2. The van der Waals surface area contributed by atoms with Crippen molar-refractivity contribution in [1.82, 2.24) is 15.3 Å². The first-order valence-corrected chi connectivity index (χ1v) is 11.0. The Kier molecular flexibility index (Phi) is 6.01. The van der Waals surface area contributed by atoms with E-state index in [2.05, 4.69) is 9.97 Å². The number of carbonyl (C=O) groups excluding carboxylic acids is 2. The number of pyridine rings is 1. The molecule has 8 nitrogen and oxygen atoms in total. The Labute approximate surface area is 199 Å². The molecule has 35 heavy (non-hydrogen) atoms. The van der Waals surface area contributed by atoms with E-state index in [4.69, 9.17) is 10.5 Å². The fourth-order valence-corrected chi connectivity index (χ4v) is 4.11. The van der Waals surface area contributed by atoms with E-state index in [0.717, 1.165) is 29.5 Å². The maximum Gasteiger partial charge on any atom is 0.424 e. The average Bonchev–Trinajstić information content (AvgIpc) is 3.46. The van der Waals surface area contributed by atoms with Crippen molar-refractivity contribution in [2.75, 3.05) is 13.2 Å². The van der Waals surface area contributed by atoms with Gasteiger partial charge in [0, 0.05) is 22.7 Å². The highest BCUT2D eigenvalue weighted by Crippen LogP contribution is 2.47. The fraction of sp³-hybridized carbons (Fsp3) is 0.273. The second-order valence-corrected chi connectivity index (χ2v) is 9.00. The molecule has 3 aromatic rings. The normalized spacial score (nSPS) is 18.9. The summed E-state index contributed by atoms with van der Waals surface area (Å²) in [6, 6.07) is 5.57. The number of ether oxygens (including phenoxy) is 1. The van der Waals surface area contributed by atoms with Crippen LogP contribution in [0.4, 0.5) is 17.6 Å². The van der Waals surface area contributed by atoms with Gasteiger partial charge in [-0.3, -0.25) is 9.59 Å². The van der Waals surface area contributed by atoms with Gasteiger partial charge in [-0.1, -0.05) is 0 Å². The first-order chi connectivity index (χ1) is 16.4. The predicted octanol–water partition coefficient (Wildman–Crippen LogP) is 2.66. The summed E-state index contributed by atoms with van der Waals surface area (Å²) in [5.41, 5.74) is -0.582. The Morgan fingerprint density at radius 3 is 2.54 bits per heavy atom. The van der Waals surface area contributed by atoms with Crippen LogP contribution in [0.1, 0.15) is 28.0 Å². The molecule has 4 rings (SSSR count). The second kappa shape index (κ2) is 8.57. The molecule has 0 saturated carbocycles. The topological polar surface area (TPSA) is 127 Å². The molecule has 4 N–H and O–H groups in total. The summed E-state index contributed by atoms with van der Waals surface area (Å²) in [4.78, 5) is 32.2. The molecule has 2 atom stereocenters. The number of rotatable bonds is 6. The van der Waals surface area contributed by atoms with Crippen LogP contribution in [0.25, 0.3) is 11.3 Å². The Balaban J connectivity index is 1.87. The number of primary amides is 1. The van der Waals surface area contributed by atoms with Crippen LogP contribution in [-0.2, 0) is 15.8 Å². The van der Waals surface area contributed by atoms with E-state index in [-0.39, 0.29) is 34.2 Å². The zero-order valence-electron chi connectivity index (χ0n) is 18.0. The molecule has 0 fully saturated rings. The van der Waals surface area contributed by atoms with Gasteiger partial charge in [0.15, 0.2) is 5.01 Å². The van der Waals surface area contributed by atoms with E-state index < -0.39 is 47.1 Å². The average molecular weight is 510 g/mol. The highest BCUT2D eigenvalue weighted by molar-refractivity contribution is 7.11. The van der Waals surface area contributed by atoms with Crippen LogP contribution in [0, 0.1) is 5.82 Å². The predicted molar refractivity (Wildman–Crippen MR) is 116 cm³/mol. The van der Waals surface area contributed by atoms with Crippen molar-refractivity contribution in [3.63, 3.8) is 0 Å². The van der Waals surface area contributed by atoms with E-state index in [1.807, 2.05) is 5.32 Å². The second-order valence-electron chi connectivity index (χ2n) is 8.10. The molecule has 184 valence electrons. The minimum atomic E-state index is -5.30.